The number of likely N-dealkylation sites (tertiary alicyclic amines) is 1. The number of carboxylic acids is 1. The molecular weight excluding hydrogens is 477 g/mol. The molecule has 3 aliphatic heterocycles. The van der Waals surface area contributed by atoms with Crippen LogP contribution in [-0.2, 0) is 30.7 Å². The number of ether oxygens (including phenoxy) is 1. The molecule has 34 heavy (non-hydrogen) atoms. The summed E-state index contributed by atoms with van der Waals surface area (Å²) in [4.78, 5) is 26.0. The Morgan fingerprint density at radius 1 is 1.12 bits per heavy atom. The smallest absolute Gasteiger partial charge is 0.475 e. The molecule has 3 saturated heterocycles. The molecule has 3 fully saturated rings. The van der Waals surface area contributed by atoms with Crippen LogP contribution in [0.3, 0.4) is 0 Å². The summed E-state index contributed by atoms with van der Waals surface area (Å²) in [7, 11) is -3.13. The number of aliphatic carboxylic acids is 1. The van der Waals surface area contributed by atoms with E-state index in [0.717, 1.165) is 6.54 Å². The van der Waals surface area contributed by atoms with Gasteiger partial charge in [-0.3, -0.25) is 9.69 Å². The van der Waals surface area contributed by atoms with Crippen molar-refractivity contribution in [2.24, 2.45) is 11.8 Å². The van der Waals surface area contributed by atoms with Crippen LogP contribution in [0.4, 0.5) is 13.2 Å². The molecule has 0 saturated carbocycles. The maximum Gasteiger partial charge on any atom is 0.490 e. The standard InChI is InChI=1S/C20H28N2O4S.C2HF3O2/c1-15-2-4-16(5-3-15)12-21-13-18-17(6-11-27(24,25)19(18)14-21)20(23)22-7-9-26-10-8-22;3-2(4,5)1(6)7/h2-5,17-19H,6-14H2,1H3;(H,6,7)/t17-,18-,19-;/m1./s1. The third kappa shape index (κ3) is 6.48. The molecule has 8 nitrogen and oxygen atoms in total. The Labute approximate surface area is 196 Å². The van der Waals surface area contributed by atoms with Gasteiger partial charge in [0.15, 0.2) is 9.84 Å². The maximum atomic E-state index is 13.1. The van der Waals surface area contributed by atoms with E-state index < -0.39 is 27.2 Å². The Balaban J connectivity index is 0.000000406. The highest BCUT2D eigenvalue weighted by Gasteiger charge is 2.51. The fourth-order valence-electron chi connectivity index (χ4n) is 4.71. The number of morpholine rings is 1. The van der Waals surface area contributed by atoms with Crippen molar-refractivity contribution in [1.29, 1.82) is 0 Å². The van der Waals surface area contributed by atoms with Gasteiger partial charge in [0.05, 0.1) is 24.2 Å². The average Bonchev–Trinajstić information content (AvgIpc) is 3.20. The Kier molecular flexibility index (Phi) is 8.25. The first-order valence-corrected chi connectivity index (χ1v) is 12.8. The van der Waals surface area contributed by atoms with Gasteiger partial charge in [-0.05, 0) is 18.9 Å². The zero-order chi connectivity index (χ0) is 25.1. The molecule has 1 aromatic carbocycles. The van der Waals surface area contributed by atoms with E-state index in [1.165, 1.54) is 11.1 Å². The summed E-state index contributed by atoms with van der Waals surface area (Å²) in [6.45, 7) is 6.39. The molecule has 3 aliphatic rings. The van der Waals surface area contributed by atoms with Crippen molar-refractivity contribution in [2.75, 3.05) is 45.1 Å². The second-order valence-electron chi connectivity index (χ2n) is 8.88. The van der Waals surface area contributed by atoms with E-state index in [2.05, 4.69) is 36.1 Å². The second kappa shape index (κ2) is 10.6. The summed E-state index contributed by atoms with van der Waals surface area (Å²) in [6, 6.07) is 8.37. The Morgan fingerprint density at radius 3 is 2.26 bits per heavy atom. The lowest BCUT2D eigenvalue weighted by Crippen LogP contribution is -2.50. The Morgan fingerprint density at radius 2 is 1.71 bits per heavy atom. The third-order valence-corrected chi connectivity index (χ3v) is 8.71. The third-order valence-electron chi connectivity index (χ3n) is 6.49. The molecule has 0 bridgehead atoms. The van der Waals surface area contributed by atoms with Gasteiger partial charge in [-0.1, -0.05) is 29.8 Å². The first-order chi connectivity index (χ1) is 15.9. The predicted octanol–water partition coefficient (Wildman–Crippen LogP) is 1.72. The number of aryl methyl sites for hydroxylation is 1. The predicted molar refractivity (Wildman–Crippen MR) is 117 cm³/mol. The van der Waals surface area contributed by atoms with E-state index in [9.17, 15) is 26.4 Å². The van der Waals surface area contributed by atoms with Gasteiger partial charge >= 0.3 is 12.1 Å². The SMILES string of the molecule is Cc1ccc(CN2C[C@H]3[C@@H](C2)S(=O)(=O)CC[C@H]3C(=O)N2CCOCC2)cc1.O=C(O)C(F)(F)F. The van der Waals surface area contributed by atoms with Gasteiger partial charge in [0.2, 0.25) is 5.91 Å². The number of hydrogen-bond donors (Lipinski definition) is 1. The number of fused-ring (bicyclic) bond motifs is 1. The monoisotopic (exact) mass is 506 g/mol. The van der Waals surface area contributed by atoms with E-state index in [0.29, 0.717) is 45.8 Å². The van der Waals surface area contributed by atoms with Gasteiger partial charge in [0.1, 0.15) is 0 Å². The Hall–Kier alpha value is -2.18. The molecule has 3 heterocycles. The quantitative estimate of drug-likeness (QED) is 0.666. The number of benzene rings is 1. The van der Waals surface area contributed by atoms with E-state index in [1.807, 2.05) is 4.90 Å². The van der Waals surface area contributed by atoms with Crippen LogP contribution in [0.15, 0.2) is 24.3 Å². The fraction of sp³-hybridized carbons (Fsp3) is 0.636. The molecule has 0 aliphatic carbocycles. The van der Waals surface area contributed by atoms with Gasteiger partial charge in [-0.2, -0.15) is 13.2 Å². The van der Waals surface area contributed by atoms with E-state index >= 15 is 0 Å². The van der Waals surface area contributed by atoms with Crippen molar-refractivity contribution in [3.8, 4) is 0 Å². The molecule has 1 amide bonds. The van der Waals surface area contributed by atoms with Gasteiger partial charge in [-0.15, -0.1) is 0 Å². The lowest BCUT2D eigenvalue weighted by atomic mass is 9.87. The van der Waals surface area contributed by atoms with Gasteiger partial charge in [-0.25, -0.2) is 13.2 Å². The van der Waals surface area contributed by atoms with Gasteiger partial charge in [0, 0.05) is 44.6 Å². The fourth-order valence-corrected chi connectivity index (χ4v) is 6.84. The van der Waals surface area contributed by atoms with Crippen LogP contribution in [0.1, 0.15) is 17.5 Å². The average molecular weight is 507 g/mol. The molecule has 0 unspecified atom stereocenters. The molecular formula is C22H29F3N2O6S. The van der Waals surface area contributed by atoms with Crippen LogP contribution in [0.25, 0.3) is 0 Å². The molecule has 0 spiro atoms. The summed E-state index contributed by atoms with van der Waals surface area (Å²) in [6.07, 6.45) is -4.63. The van der Waals surface area contributed by atoms with Crippen molar-refractivity contribution >= 4 is 21.7 Å². The van der Waals surface area contributed by atoms with Gasteiger partial charge < -0.3 is 14.7 Å². The highest BCUT2D eigenvalue weighted by atomic mass is 32.2. The lowest BCUT2D eigenvalue weighted by molar-refractivity contribution is -0.192. The van der Waals surface area contributed by atoms with Crippen LogP contribution in [0.5, 0.6) is 0 Å². The van der Waals surface area contributed by atoms with Crippen LogP contribution in [0, 0.1) is 18.8 Å². The molecule has 4 rings (SSSR count). The largest absolute Gasteiger partial charge is 0.490 e. The molecule has 0 aromatic heterocycles. The second-order valence-corrected chi connectivity index (χ2v) is 11.2. The molecule has 190 valence electrons. The number of sulfone groups is 1. The van der Waals surface area contributed by atoms with E-state index in [1.54, 1.807) is 0 Å². The number of nitrogens with zero attached hydrogens (tertiary/aromatic N) is 2. The van der Waals surface area contributed by atoms with Crippen LogP contribution in [-0.4, -0.2) is 91.8 Å². The summed E-state index contributed by atoms with van der Waals surface area (Å²) >= 11 is 0. The minimum atomic E-state index is -5.08. The molecule has 3 atom stereocenters. The highest BCUT2D eigenvalue weighted by Crippen LogP contribution is 2.38. The molecule has 1 aromatic rings. The minimum absolute atomic E-state index is 0.0930. The number of carboxylic acid groups (broad SMARTS) is 1. The highest BCUT2D eigenvalue weighted by molar-refractivity contribution is 7.92. The topological polar surface area (TPSA) is 104 Å². The minimum Gasteiger partial charge on any atom is -0.475 e. The number of carbonyl (C=O) groups excluding carboxylic acids is 1. The van der Waals surface area contributed by atoms with Crippen LogP contribution >= 0.6 is 0 Å². The van der Waals surface area contributed by atoms with Crippen molar-refractivity contribution in [3.05, 3.63) is 35.4 Å². The number of hydrogen-bond acceptors (Lipinski definition) is 6. The first kappa shape index (κ1) is 26.4. The number of amides is 1. The summed E-state index contributed by atoms with van der Waals surface area (Å²) in [5, 5.41) is 6.71. The number of carbonyl (C=O) groups is 2. The van der Waals surface area contributed by atoms with Crippen molar-refractivity contribution in [3.63, 3.8) is 0 Å². The van der Waals surface area contributed by atoms with E-state index in [-0.39, 0.29) is 23.5 Å². The number of alkyl halides is 3. The first-order valence-electron chi connectivity index (χ1n) is 11.0. The summed E-state index contributed by atoms with van der Waals surface area (Å²) in [5.74, 6) is -2.77. The molecule has 12 heteroatoms. The van der Waals surface area contributed by atoms with Crippen molar-refractivity contribution < 1.29 is 41.0 Å². The number of halogens is 3. The zero-order valence-corrected chi connectivity index (χ0v) is 19.6. The summed E-state index contributed by atoms with van der Waals surface area (Å²) < 4.78 is 62.4. The summed E-state index contributed by atoms with van der Waals surface area (Å²) in [5.41, 5.74) is 2.40. The maximum absolute atomic E-state index is 13.1. The van der Waals surface area contributed by atoms with Crippen LogP contribution in [0.2, 0.25) is 0 Å². The molecule has 0 radical (unpaired) electrons. The van der Waals surface area contributed by atoms with Crippen molar-refractivity contribution in [1.82, 2.24) is 9.80 Å². The number of rotatable bonds is 3. The van der Waals surface area contributed by atoms with Crippen molar-refractivity contribution in [2.45, 2.75) is 31.3 Å². The lowest BCUT2D eigenvalue weighted by Gasteiger charge is -2.36. The normalized spacial score (nSPS) is 26.8. The zero-order valence-electron chi connectivity index (χ0n) is 18.8. The Bertz CT molecular complexity index is 977. The van der Waals surface area contributed by atoms with E-state index in [4.69, 9.17) is 14.6 Å². The van der Waals surface area contributed by atoms with Crippen LogP contribution < -0.4 is 0 Å². The molecule has 1 N–H and O–H groups in total. The van der Waals surface area contributed by atoms with Gasteiger partial charge in [0.25, 0.3) is 0 Å².